The number of aryl methyl sites for hydroxylation is 1. The van der Waals surface area contributed by atoms with E-state index in [0.29, 0.717) is 6.42 Å². The minimum absolute atomic E-state index is 0.413. The fourth-order valence-electron chi connectivity index (χ4n) is 3.52. The van der Waals surface area contributed by atoms with Crippen LogP contribution >= 0.6 is 0 Å². The number of anilines is 1. The summed E-state index contributed by atoms with van der Waals surface area (Å²) in [5, 5.41) is 4.32. The van der Waals surface area contributed by atoms with E-state index < -0.39 is 17.4 Å². The van der Waals surface area contributed by atoms with E-state index in [-0.39, 0.29) is 0 Å². The molecule has 25 heavy (non-hydrogen) atoms. The van der Waals surface area contributed by atoms with Crippen LogP contribution in [0.2, 0.25) is 0 Å². The van der Waals surface area contributed by atoms with Gasteiger partial charge in [0.15, 0.2) is 5.60 Å². The highest BCUT2D eigenvalue weighted by molar-refractivity contribution is 6.04. The summed E-state index contributed by atoms with van der Waals surface area (Å²) in [5.41, 5.74) is 1.72. The van der Waals surface area contributed by atoms with E-state index in [0.717, 1.165) is 22.5 Å². The Balaban J connectivity index is 1.78. The number of para-hydroxylation sites is 1. The molecule has 0 N–H and O–H groups in total. The van der Waals surface area contributed by atoms with Crippen molar-refractivity contribution in [3.63, 3.8) is 0 Å². The molecule has 0 radical (unpaired) electrons. The van der Waals surface area contributed by atoms with Gasteiger partial charge in [0.05, 0.1) is 17.8 Å². The lowest BCUT2D eigenvalue weighted by Gasteiger charge is -2.37. The molecule has 1 spiro atoms. The first kappa shape index (κ1) is 15.7. The van der Waals surface area contributed by atoms with Gasteiger partial charge in [-0.05, 0) is 38.0 Å². The first-order valence-electron chi connectivity index (χ1n) is 8.34. The molecule has 2 aromatic carbocycles. The van der Waals surface area contributed by atoms with Crippen molar-refractivity contribution in [1.82, 2.24) is 0 Å². The zero-order valence-corrected chi connectivity index (χ0v) is 14.5. The van der Waals surface area contributed by atoms with Gasteiger partial charge in [-0.1, -0.05) is 53.7 Å². The maximum absolute atomic E-state index is 12.7. The van der Waals surface area contributed by atoms with Crippen molar-refractivity contribution in [1.29, 1.82) is 0 Å². The van der Waals surface area contributed by atoms with Gasteiger partial charge >= 0.3 is 6.09 Å². The quantitative estimate of drug-likeness (QED) is 0.824. The minimum atomic E-state index is -0.999. The van der Waals surface area contributed by atoms with Crippen LogP contribution in [-0.2, 0) is 9.57 Å². The van der Waals surface area contributed by atoms with E-state index >= 15 is 0 Å². The van der Waals surface area contributed by atoms with Crippen molar-refractivity contribution >= 4 is 17.5 Å². The fraction of sp³-hybridized carbons (Fsp3) is 0.300. The van der Waals surface area contributed by atoms with E-state index in [4.69, 9.17) is 9.57 Å². The lowest BCUT2D eigenvalue weighted by Crippen LogP contribution is -2.56. The number of cyclic esters (lactones) is 1. The Hall–Kier alpha value is -2.82. The number of amides is 1. The molecule has 1 atom stereocenters. The largest absolute Gasteiger partial charge is 0.437 e. The van der Waals surface area contributed by atoms with Crippen molar-refractivity contribution in [2.24, 2.45) is 5.16 Å². The van der Waals surface area contributed by atoms with E-state index in [1.54, 1.807) is 4.90 Å². The zero-order valence-electron chi connectivity index (χ0n) is 14.5. The summed E-state index contributed by atoms with van der Waals surface area (Å²) in [7, 11) is 0. The van der Waals surface area contributed by atoms with E-state index in [2.05, 4.69) is 5.16 Å². The molecular weight excluding hydrogens is 316 g/mol. The molecule has 0 bridgehead atoms. The van der Waals surface area contributed by atoms with Crippen LogP contribution in [0.1, 0.15) is 31.4 Å². The van der Waals surface area contributed by atoms with Gasteiger partial charge in [-0.15, -0.1) is 0 Å². The maximum atomic E-state index is 12.7. The Morgan fingerprint density at radius 2 is 1.72 bits per heavy atom. The number of carbonyl (C=O) groups excluding carboxylic acids is 1. The molecule has 0 unspecified atom stereocenters. The molecule has 1 amide bonds. The summed E-state index contributed by atoms with van der Waals surface area (Å²) < 4.78 is 5.68. The molecule has 0 aliphatic carbocycles. The predicted molar refractivity (Wildman–Crippen MR) is 95.6 cm³/mol. The third kappa shape index (κ3) is 2.22. The van der Waals surface area contributed by atoms with Gasteiger partial charge in [0, 0.05) is 0 Å². The summed E-state index contributed by atoms with van der Waals surface area (Å²) in [6, 6.07) is 17.6. The highest BCUT2D eigenvalue weighted by Gasteiger charge is 2.66. The first-order valence-corrected chi connectivity index (χ1v) is 8.34. The highest BCUT2D eigenvalue weighted by Crippen LogP contribution is 2.49. The van der Waals surface area contributed by atoms with Crippen molar-refractivity contribution in [3.05, 3.63) is 65.7 Å². The Morgan fingerprint density at radius 3 is 2.44 bits per heavy atom. The maximum Gasteiger partial charge on any atom is 0.418 e. The molecule has 2 heterocycles. The topological polar surface area (TPSA) is 51.1 Å². The Bertz CT molecular complexity index is 860. The van der Waals surface area contributed by atoms with E-state index in [9.17, 15) is 4.79 Å². The van der Waals surface area contributed by atoms with Gasteiger partial charge in [0.25, 0.3) is 5.72 Å². The number of rotatable bonds is 2. The molecular formula is C20H20N2O3. The van der Waals surface area contributed by atoms with Crippen LogP contribution in [0.3, 0.4) is 0 Å². The third-order valence-corrected chi connectivity index (χ3v) is 5.00. The van der Waals surface area contributed by atoms with Crippen LogP contribution in [0.15, 0.2) is 59.8 Å². The summed E-state index contributed by atoms with van der Waals surface area (Å²) in [6.07, 6.45) is 0.0493. The van der Waals surface area contributed by atoms with Crippen LogP contribution in [0.4, 0.5) is 10.5 Å². The summed E-state index contributed by atoms with van der Waals surface area (Å²) in [4.78, 5) is 20.3. The van der Waals surface area contributed by atoms with Crippen LogP contribution < -0.4 is 4.90 Å². The summed E-state index contributed by atoms with van der Waals surface area (Å²) in [5.74, 6) is 0. The summed E-state index contributed by atoms with van der Waals surface area (Å²) in [6.45, 7) is 5.70. The van der Waals surface area contributed by atoms with Gasteiger partial charge in [-0.2, -0.15) is 0 Å². The van der Waals surface area contributed by atoms with Gasteiger partial charge in [-0.25, -0.2) is 9.69 Å². The van der Waals surface area contributed by atoms with Gasteiger partial charge in [0.1, 0.15) is 0 Å². The third-order valence-electron chi connectivity index (χ3n) is 5.00. The minimum Gasteiger partial charge on any atom is -0.437 e. The van der Waals surface area contributed by atoms with Crippen LogP contribution in [-0.4, -0.2) is 23.1 Å². The lowest BCUT2D eigenvalue weighted by molar-refractivity contribution is -0.111. The average molecular weight is 336 g/mol. The molecule has 1 fully saturated rings. The van der Waals surface area contributed by atoms with E-state index in [1.165, 1.54) is 0 Å². The second-order valence-electron chi connectivity index (χ2n) is 6.96. The monoisotopic (exact) mass is 336 g/mol. The highest BCUT2D eigenvalue weighted by atomic mass is 16.7. The standard InChI is InChI=1S/C20H20N2O3/c1-14-9-7-8-12-17(14)22-18(23)24-19(2,3)20(22)13-16(21-25-20)15-10-5-4-6-11-15/h4-12H,13H2,1-3H3/t20-/m1/s1. The fourth-order valence-corrected chi connectivity index (χ4v) is 3.52. The van der Waals surface area contributed by atoms with Crippen molar-refractivity contribution in [2.75, 3.05) is 4.90 Å². The molecule has 0 saturated carbocycles. The van der Waals surface area contributed by atoms with Gasteiger partial charge < -0.3 is 9.57 Å². The second kappa shape index (κ2) is 5.34. The molecule has 2 aromatic rings. The Kier molecular flexibility index (Phi) is 3.35. The second-order valence-corrected chi connectivity index (χ2v) is 6.96. The van der Waals surface area contributed by atoms with E-state index in [1.807, 2.05) is 75.4 Å². The smallest absolute Gasteiger partial charge is 0.418 e. The number of nitrogens with zero attached hydrogens (tertiary/aromatic N) is 2. The average Bonchev–Trinajstić information content (AvgIpc) is 3.11. The lowest BCUT2D eigenvalue weighted by atomic mass is 9.87. The number of hydrogen-bond donors (Lipinski definition) is 0. The number of hydrogen-bond acceptors (Lipinski definition) is 4. The molecule has 2 aliphatic heterocycles. The first-order chi connectivity index (χ1) is 11.9. The number of carbonyl (C=O) groups is 1. The van der Waals surface area contributed by atoms with Crippen molar-refractivity contribution in [2.45, 2.75) is 38.5 Å². The van der Waals surface area contributed by atoms with Crippen molar-refractivity contribution in [3.8, 4) is 0 Å². The normalized spacial score (nSPS) is 24.2. The Morgan fingerprint density at radius 1 is 1.04 bits per heavy atom. The SMILES string of the molecule is Cc1ccccc1N1C(=O)OC(C)(C)[C@]12CC(c1ccccc1)=NO2. The van der Waals surface area contributed by atoms with Crippen molar-refractivity contribution < 1.29 is 14.4 Å². The molecule has 5 heteroatoms. The van der Waals surface area contributed by atoms with Crippen LogP contribution in [0.5, 0.6) is 0 Å². The molecule has 128 valence electrons. The molecule has 5 nitrogen and oxygen atoms in total. The van der Waals surface area contributed by atoms with Crippen LogP contribution in [0.25, 0.3) is 0 Å². The predicted octanol–water partition coefficient (Wildman–Crippen LogP) is 4.25. The zero-order chi connectivity index (χ0) is 17.7. The Labute approximate surface area is 146 Å². The molecule has 2 aliphatic rings. The van der Waals surface area contributed by atoms with Gasteiger partial charge in [0.2, 0.25) is 0 Å². The van der Waals surface area contributed by atoms with Gasteiger partial charge in [-0.3, -0.25) is 0 Å². The molecule has 4 rings (SSSR count). The number of oxime groups is 1. The number of benzene rings is 2. The number of ether oxygens (including phenoxy) is 1. The van der Waals surface area contributed by atoms with Crippen LogP contribution in [0, 0.1) is 6.92 Å². The molecule has 0 aromatic heterocycles. The molecule has 1 saturated heterocycles. The summed E-state index contributed by atoms with van der Waals surface area (Å²) >= 11 is 0.